The molecule has 0 fully saturated rings. The van der Waals surface area contributed by atoms with Crippen molar-refractivity contribution in [1.82, 2.24) is 0 Å². The molecule has 3 heteroatoms. The second-order valence-corrected chi connectivity index (χ2v) is 5.04. The Labute approximate surface area is 105 Å². The van der Waals surface area contributed by atoms with Crippen LogP contribution in [0, 0.1) is 6.92 Å². The molecule has 0 bridgehead atoms. The monoisotopic (exact) mass is 246 g/mol. The molecule has 0 saturated carbocycles. The fourth-order valence-electron chi connectivity index (χ4n) is 1.75. The van der Waals surface area contributed by atoms with E-state index in [-0.39, 0.29) is 0 Å². The van der Waals surface area contributed by atoms with Crippen LogP contribution in [0.15, 0.2) is 30.3 Å². The van der Waals surface area contributed by atoms with Crippen molar-refractivity contribution in [1.29, 1.82) is 0 Å². The summed E-state index contributed by atoms with van der Waals surface area (Å²) in [6, 6.07) is 9.98. The van der Waals surface area contributed by atoms with E-state index < -0.39 is 5.97 Å². The molecule has 2 aromatic rings. The van der Waals surface area contributed by atoms with E-state index in [4.69, 9.17) is 5.11 Å². The van der Waals surface area contributed by atoms with Gasteiger partial charge in [0.15, 0.2) is 0 Å². The van der Waals surface area contributed by atoms with Gasteiger partial charge in [-0.05, 0) is 30.5 Å². The summed E-state index contributed by atoms with van der Waals surface area (Å²) >= 11 is 1.35. The number of carbonyl (C=O) groups is 1. The van der Waals surface area contributed by atoms with Gasteiger partial charge in [-0.15, -0.1) is 11.3 Å². The van der Waals surface area contributed by atoms with E-state index in [0.29, 0.717) is 4.88 Å². The number of carboxylic acids is 1. The van der Waals surface area contributed by atoms with Crippen molar-refractivity contribution in [2.45, 2.75) is 20.3 Å². The van der Waals surface area contributed by atoms with Crippen molar-refractivity contribution >= 4 is 17.3 Å². The molecular weight excluding hydrogens is 232 g/mol. The third-order valence-electron chi connectivity index (χ3n) is 2.71. The number of carboxylic acid groups (broad SMARTS) is 1. The highest BCUT2D eigenvalue weighted by molar-refractivity contribution is 7.17. The van der Waals surface area contributed by atoms with Gasteiger partial charge in [-0.25, -0.2) is 4.79 Å². The smallest absolute Gasteiger partial charge is 0.345 e. The molecule has 0 saturated heterocycles. The lowest BCUT2D eigenvalue weighted by molar-refractivity contribution is 0.0702. The number of benzene rings is 1. The average Bonchev–Trinajstić information content (AvgIpc) is 2.74. The maximum atomic E-state index is 11.0. The summed E-state index contributed by atoms with van der Waals surface area (Å²) in [7, 11) is 0. The lowest BCUT2D eigenvalue weighted by Gasteiger charge is -2.01. The van der Waals surface area contributed by atoms with Gasteiger partial charge in [0.05, 0.1) is 0 Å². The summed E-state index contributed by atoms with van der Waals surface area (Å²) in [5, 5.41) is 9.02. The molecule has 0 amide bonds. The summed E-state index contributed by atoms with van der Waals surface area (Å²) in [5.41, 5.74) is 3.42. The third-order valence-corrected chi connectivity index (χ3v) is 3.93. The van der Waals surface area contributed by atoms with Crippen molar-refractivity contribution in [3.8, 4) is 10.4 Å². The van der Waals surface area contributed by atoms with Crippen LogP contribution in [0.2, 0.25) is 0 Å². The molecule has 17 heavy (non-hydrogen) atoms. The van der Waals surface area contributed by atoms with Gasteiger partial charge in [-0.1, -0.05) is 36.8 Å². The normalized spacial score (nSPS) is 10.5. The van der Waals surface area contributed by atoms with Gasteiger partial charge in [-0.3, -0.25) is 0 Å². The van der Waals surface area contributed by atoms with Gasteiger partial charge in [0.25, 0.3) is 0 Å². The van der Waals surface area contributed by atoms with Crippen LogP contribution in [0.3, 0.4) is 0 Å². The Kier molecular flexibility index (Phi) is 3.29. The summed E-state index contributed by atoms with van der Waals surface area (Å²) in [6.07, 6.45) is 0.854. The van der Waals surface area contributed by atoms with Gasteiger partial charge >= 0.3 is 5.97 Å². The maximum Gasteiger partial charge on any atom is 0.345 e. The zero-order valence-electron chi connectivity index (χ0n) is 9.86. The Bertz CT molecular complexity index is 538. The van der Waals surface area contributed by atoms with Crippen molar-refractivity contribution < 1.29 is 9.90 Å². The van der Waals surface area contributed by atoms with Crippen molar-refractivity contribution in [2.24, 2.45) is 0 Å². The summed E-state index contributed by atoms with van der Waals surface area (Å²) in [4.78, 5) is 12.5. The first-order valence-electron chi connectivity index (χ1n) is 5.55. The minimum absolute atomic E-state index is 0.414. The Morgan fingerprint density at radius 1 is 1.29 bits per heavy atom. The Morgan fingerprint density at radius 2 is 1.94 bits per heavy atom. The van der Waals surface area contributed by atoms with E-state index >= 15 is 0 Å². The van der Waals surface area contributed by atoms with E-state index in [0.717, 1.165) is 22.4 Å². The van der Waals surface area contributed by atoms with Gasteiger partial charge < -0.3 is 5.11 Å². The molecule has 2 rings (SSSR count). The number of hydrogen-bond donors (Lipinski definition) is 1. The molecule has 0 aliphatic rings. The minimum atomic E-state index is -0.844. The van der Waals surface area contributed by atoms with Crippen LogP contribution < -0.4 is 0 Å². The molecule has 1 aromatic carbocycles. The van der Waals surface area contributed by atoms with Crippen LogP contribution in [0.25, 0.3) is 10.4 Å². The number of hydrogen-bond acceptors (Lipinski definition) is 2. The molecule has 0 aliphatic heterocycles. The predicted octanol–water partition coefficient (Wildman–Crippen LogP) is 3.98. The molecule has 1 aromatic heterocycles. The van der Waals surface area contributed by atoms with Crippen LogP contribution >= 0.6 is 11.3 Å². The minimum Gasteiger partial charge on any atom is -0.477 e. The summed E-state index contributed by atoms with van der Waals surface area (Å²) < 4.78 is 0. The first-order chi connectivity index (χ1) is 8.11. The zero-order chi connectivity index (χ0) is 12.4. The highest BCUT2D eigenvalue weighted by Crippen LogP contribution is 2.33. The first-order valence-corrected chi connectivity index (χ1v) is 6.36. The topological polar surface area (TPSA) is 37.3 Å². The van der Waals surface area contributed by atoms with Gasteiger partial charge in [0.1, 0.15) is 4.88 Å². The Morgan fingerprint density at radius 3 is 2.47 bits per heavy atom. The van der Waals surface area contributed by atoms with Gasteiger partial charge in [0, 0.05) is 4.88 Å². The van der Waals surface area contributed by atoms with Crippen LogP contribution in [-0.2, 0) is 6.42 Å². The molecule has 0 spiro atoms. The quantitative estimate of drug-likeness (QED) is 0.889. The van der Waals surface area contributed by atoms with Crippen molar-refractivity contribution in [3.63, 3.8) is 0 Å². The largest absolute Gasteiger partial charge is 0.477 e. The second kappa shape index (κ2) is 4.72. The molecule has 2 nitrogen and oxygen atoms in total. The van der Waals surface area contributed by atoms with E-state index in [1.807, 2.05) is 26.0 Å². The van der Waals surface area contributed by atoms with E-state index in [2.05, 4.69) is 12.1 Å². The van der Waals surface area contributed by atoms with Crippen LogP contribution in [0.5, 0.6) is 0 Å². The standard InChI is InChI=1S/C14H14O2S/c1-3-10-8-12(14(15)16)17-13(10)11-6-4-9(2)5-7-11/h4-8H,3H2,1-2H3,(H,15,16). The average molecular weight is 246 g/mol. The van der Waals surface area contributed by atoms with Crippen LogP contribution in [0.1, 0.15) is 27.7 Å². The Hall–Kier alpha value is -1.61. The van der Waals surface area contributed by atoms with Gasteiger partial charge in [-0.2, -0.15) is 0 Å². The molecule has 0 aliphatic carbocycles. The fourth-order valence-corrected chi connectivity index (χ4v) is 2.84. The van der Waals surface area contributed by atoms with Crippen LogP contribution in [0.4, 0.5) is 0 Å². The number of rotatable bonds is 3. The SMILES string of the molecule is CCc1cc(C(=O)O)sc1-c1ccc(C)cc1. The highest BCUT2D eigenvalue weighted by Gasteiger charge is 2.13. The van der Waals surface area contributed by atoms with Crippen molar-refractivity contribution in [3.05, 3.63) is 46.3 Å². The highest BCUT2D eigenvalue weighted by atomic mass is 32.1. The summed E-state index contributed by atoms with van der Waals surface area (Å²) in [6.45, 7) is 4.09. The molecule has 1 N–H and O–H groups in total. The van der Waals surface area contributed by atoms with Crippen molar-refractivity contribution in [2.75, 3.05) is 0 Å². The number of aryl methyl sites for hydroxylation is 2. The number of aromatic carboxylic acids is 1. The second-order valence-electron chi connectivity index (χ2n) is 3.99. The van der Waals surface area contributed by atoms with Gasteiger partial charge in [0.2, 0.25) is 0 Å². The summed E-state index contributed by atoms with van der Waals surface area (Å²) in [5.74, 6) is -0.844. The molecular formula is C14H14O2S. The maximum absolute atomic E-state index is 11.0. The zero-order valence-corrected chi connectivity index (χ0v) is 10.7. The Balaban J connectivity index is 2.50. The lowest BCUT2D eigenvalue weighted by atomic mass is 10.1. The molecule has 0 unspecified atom stereocenters. The third kappa shape index (κ3) is 2.39. The predicted molar refractivity (Wildman–Crippen MR) is 70.8 cm³/mol. The molecule has 0 atom stereocenters. The fraction of sp³-hybridized carbons (Fsp3) is 0.214. The number of thiophene rings is 1. The molecule has 1 heterocycles. The van der Waals surface area contributed by atoms with Crippen LogP contribution in [-0.4, -0.2) is 11.1 Å². The van der Waals surface area contributed by atoms with E-state index in [1.165, 1.54) is 16.9 Å². The van der Waals surface area contributed by atoms with E-state index in [9.17, 15) is 4.79 Å². The molecule has 0 radical (unpaired) electrons. The van der Waals surface area contributed by atoms with E-state index in [1.54, 1.807) is 6.07 Å². The first kappa shape index (κ1) is 11.9. The lowest BCUT2D eigenvalue weighted by Crippen LogP contribution is -1.90. The molecule has 88 valence electrons.